The van der Waals surface area contributed by atoms with Crippen molar-refractivity contribution in [3.05, 3.63) is 23.8 Å². The van der Waals surface area contributed by atoms with Gasteiger partial charge in [-0.05, 0) is 24.1 Å². The summed E-state index contributed by atoms with van der Waals surface area (Å²) in [4.78, 5) is 0. The Hall–Kier alpha value is -1.22. The van der Waals surface area contributed by atoms with Crippen LogP contribution in [0.2, 0.25) is 0 Å². The van der Waals surface area contributed by atoms with Gasteiger partial charge in [0.15, 0.2) is 0 Å². The van der Waals surface area contributed by atoms with Gasteiger partial charge in [0.2, 0.25) is 0 Å². The van der Waals surface area contributed by atoms with Crippen molar-refractivity contribution in [3.8, 4) is 11.5 Å². The first-order valence-corrected chi connectivity index (χ1v) is 4.68. The maximum absolute atomic E-state index is 9.61. The molecule has 0 radical (unpaired) electrons. The van der Waals surface area contributed by atoms with Gasteiger partial charge in [-0.15, -0.1) is 0 Å². The second-order valence-electron chi connectivity index (χ2n) is 3.69. The molecule has 1 aromatic rings. The number of rotatable bonds is 3. The van der Waals surface area contributed by atoms with Crippen molar-refractivity contribution >= 4 is 0 Å². The molecule has 0 saturated carbocycles. The van der Waals surface area contributed by atoms with Gasteiger partial charge in [0.25, 0.3) is 0 Å². The molecule has 0 aromatic heterocycles. The molecule has 3 N–H and O–H groups in total. The van der Waals surface area contributed by atoms with Crippen molar-refractivity contribution in [3.63, 3.8) is 0 Å². The fraction of sp³-hybridized carbons (Fsp3) is 0.455. The van der Waals surface area contributed by atoms with Crippen LogP contribution in [0.15, 0.2) is 18.2 Å². The van der Waals surface area contributed by atoms with E-state index in [-0.39, 0.29) is 17.7 Å². The van der Waals surface area contributed by atoms with E-state index in [1.165, 1.54) is 0 Å². The fourth-order valence-corrected chi connectivity index (χ4v) is 1.29. The minimum atomic E-state index is -0.162. The number of ether oxygens (including phenoxy) is 1. The zero-order valence-electron chi connectivity index (χ0n) is 8.82. The van der Waals surface area contributed by atoms with Gasteiger partial charge in [0.05, 0.1) is 7.11 Å². The smallest absolute Gasteiger partial charge is 0.120 e. The van der Waals surface area contributed by atoms with Crippen LogP contribution in [0, 0.1) is 5.92 Å². The fourth-order valence-electron chi connectivity index (χ4n) is 1.29. The third-order valence-corrected chi connectivity index (χ3v) is 2.31. The summed E-state index contributed by atoms with van der Waals surface area (Å²) < 4.78 is 5.07. The maximum atomic E-state index is 9.61. The van der Waals surface area contributed by atoms with Crippen molar-refractivity contribution < 1.29 is 9.84 Å². The van der Waals surface area contributed by atoms with Gasteiger partial charge in [0.1, 0.15) is 11.5 Å². The van der Waals surface area contributed by atoms with Gasteiger partial charge >= 0.3 is 0 Å². The molecule has 0 aliphatic rings. The molecule has 0 heterocycles. The molecule has 3 nitrogen and oxygen atoms in total. The molecule has 0 saturated heterocycles. The van der Waals surface area contributed by atoms with Crippen LogP contribution in [0.5, 0.6) is 11.5 Å². The highest BCUT2D eigenvalue weighted by atomic mass is 16.5. The topological polar surface area (TPSA) is 55.5 Å². The zero-order chi connectivity index (χ0) is 10.7. The lowest BCUT2D eigenvalue weighted by atomic mass is 9.96. The van der Waals surface area contributed by atoms with Crippen LogP contribution in [0.25, 0.3) is 0 Å². The average molecular weight is 195 g/mol. The van der Waals surface area contributed by atoms with Crippen LogP contribution in [-0.4, -0.2) is 12.2 Å². The molecule has 78 valence electrons. The van der Waals surface area contributed by atoms with E-state index in [0.29, 0.717) is 5.75 Å². The van der Waals surface area contributed by atoms with Gasteiger partial charge in [-0.3, -0.25) is 0 Å². The van der Waals surface area contributed by atoms with E-state index in [4.69, 9.17) is 10.5 Å². The van der Waals surface area contributed by atoms with E-state index in [0.717, 1.165) is 5.56 Å². The lowest BCUT2D eigenvalue weighted by Crippen LogP contribution is -2.16. The van der Waals surface area contributed by atoms with Crippen LogP contribution in [0.3, 0.4) is 0 Å². The van der Waals surface area contributed by atoms with E-state index in [9.17, 15) is 5.11 Å². The predicted molar refractivity (Wildman–Crippen MR) is 56.4 cm³/mol. The molecular formula is C11H17NO2. The minimum Gasteiger partial charge on any atom is -0.508 e. The van der Waals surface area contributed by atoms with Crippen LogP contribution >= 0.6 is 0 Å². The molecule has 0 aliphatic heterocycles. The Morgan fingerprint density at radius 2 is 2.00 bits per heavy atom. The van der Waals surface area contributed by atoms with Gasteiger partial charge in [-0.2, -0.15) is 0 Å². The molecule has 0 fully saturated rings. The van der Waals surface area contributed by atoms with E-state index >= 15 is 0 Å². The first kappa shape index (κ1) is 10.9. The third kappa shape index (κ3) is 2.17. The van der Waals surface area contributed by atoms with Gasteiger partial charge in [0, 0.05) is 11.6 Å². The minimum absolute atomic E-state index is 0.162. The van der Waals surface area contributed by atoms with Crippen molar-refractivity contribution in [1.82, 2.24) is 0 Å². The standard InChI is InChI=1S/C11H17NO2/c1-7(2)11(12)9-6-8(14-3)4-5-10(9)13/h4-7,11,13H,12H2,1-3H3/t11-/m0/s1. The van der Waals surface area contributed by atoms with Gasteiger partial charge < -0.3 is 15.6 Å². The summed E-state index contributed by atoms with van der Waals surface area (Å²) >= 11 is 0. The van der Waals surface area contributed by atoms with E-state index in [2.05, 4.69) is 0 Å². The summed E-state index contributed by atoms with van der Waals surface area (Å²) in [5.41, 5.74) is 6.68. The van der Waals surface area contributed by atoms with E-state index in [1.54, 1.807) is 25.3 Å². The normalized spacial score (nSPS) is 12.9. The Bertz CT molecular complexity index is 310. The van der Waals surface area contributed by atoms with Crippen molar-refractivity contribution in [2.24, 2.45) is 11.7 Å². The third-order valence-electron chi connectivity index (χ3n) is 2.31. The highest BCUT2D eigenvalue weighted by Crippen LogP contribution is 2.30. The summed E-state index contributed by atoms with van der Waals surface area (Å²) in [7, 11) is 1.59. The van der Waals surface area contributed by atoms with Crippen molar-refractivity contribution in [1.29, 1.82) is 0 Å². The van der Waals surface area contributed by atoms with Crippen molar-refractivity contribution in [2.75, 3.05) is 7.11 Å². The number of hydrogen-bond acceptors (Lipinski definition) is 3. The Morgan fingerprint density at radius 3 is 2.50 bits per heavy atom. The summed E-state index contributed by atoms with van der Waals surface area (Å²) in [6.07, 6.45) is 0. The maximum Gasteiger partial charge on any atom is 0.120 e. The van der Waals surface area contributed by atoms with Gasteiger partial charge in [-0.1, -0.05) is 13.8 Å². The van der Waals surface area contributed by atoms with Crippen LogP contribution in [0.4, 0.5) is 0 Å². The van der Waals surface area contributed by atoms with Crippen LogP contribution in [-0.2, 0) is 0 Å². The molecule has 1 aromatic carbocycles. The lowest BCUT2D eigenvalue weighted by Gasteiger charge is -2.17. The molecular weight excluding hydrogens is 178 g/mol. The number of phenolic OH excluding ortho intramolecular Hbond substituents is 1. The van der Waals surface area contributed by atoms with Crippen molar-refractivity contribution in [2.45, 2.75) is 19.9 Å². The van der Waals surface area contributed by atoms with Crippen LogP contribution < -0.4 is 10.5 Å². The van der Waals surface area contributed by atoms with E-state index < -0.39 is 0 Å². The number of nitrogens with two attached hydrogens (primary N) is 1. The molecule has 3 heteroatoms. The Morgan fingerprint density at radius 1 is 1.36 bits per heavy atom. The Balaban J connectivity index is 3.05. The monoisotopic (exact) mass is 195 g/mol. The molecule has 14 heavy (non-hydrogen) atoms. The number of phenols is 1. The SMILES string of the molecule is COc1ccc(O)c([C@@H](N)C(C)C)c1. The molecule has 1 atom stereocenters. The molecule has 0 spiro atoms. The van der Waals surface area contributed by atoms with Gasteiger partial charge in [-0.25, -0.2) is 0 Å². The number of hydrogen-bond donors (Lipinski definition) is 2. The quantitative estimate of drug-likeness (QED) is 0.776. The van der Waals surface area contributed by atoms with Crippen LogP contribution in [0.1, 0.15) is 25.5 Å². The molecule has 0 aliphatic carbocycles. The second kappa shape index (κ2) is 4.33. The molecule has 0 unspecified atom stereocenters. The number of aromatic hydroxyl groups is 1. The summed E-state index contributed by atoms with van der Waals surface area (Å²) in [5, 5.41) is 9.61. The summed E-state index contributed by atoms with van der Waals surface area (Å²) in [6, 6.07) is 4.94. The second-order valence-corrected chi connectivity index (χ2v) is 3.69. The Kier molecular flexibility index (Phi) is 3.36. The predicted octanol–water partition coefficient (Wildman–Crippen LogP) is 2.06. The summed E-state index contributed by atoms with van der Waals surface area (Å²) in [6.45, 7) is 4.03. The molecule has 0 amide bonds. The first-order chi connectivity index (χ1) is 6.56. The largest absolute Gasteiger partial charge is 0.508 e. The zero-order valence-corrected chi connectivity index (χ0v) is 8.82. The highest BCUT2D eigenvalue weighted by molar-refractivity contribution is 5.41. The van der Waals surface area contributed by atoms with E-state index in [1.807, 2.05) is 13.8 Å². The number of methoxy groups -OCH3 is 1. The average Bonchev–Trinajstić information content (AvgIpc) is 2.17. The highest BCUT2D eigenvalue weighted by Gasteiger charge is 2.15. The number of benzene rings is 1. The molecule has 0 bridgehead atoms. The molecule has 1 rings (SSSR count). The lowest BCUT2D eigenvalue weighted by molar-refractivity contribution is 0.405. The summed E-state index contributed by atoms with van der Waals surface area (Å²) in [5.74, 6) is 1.23. The Labute approximate surface area is 84.5 Å². The first-order valence-electron chi connectivity index (χ1n) is 4.68.